The molecule has 5 atom stereocenters. The highest BCUT2D eigenvalue weighted by Gasteiger charge is 2.48. The van der Waals surface area contributed by atoms with Crippen molar-refractivity contribution in [1.29, 1.82) is 0 Å². The maximum Gasteiger partial charge on any atom is 0.335 e. The lowest BCUT2D eigenvalue weighted by molar-refractivity contribution is -0.271. The lowest BCUT2D eigenvalue weighted by Crippen LogP contribution is -2.61. The van der Waals surface area contributed by atoms with Crippen LogP contribution in [0.3, 0.4) is 0 Å². The quantitative estimate of drug-likeness (QED) is 0.158. The summed E-state index contributed by atoms with van der Waals surface area (Å²) in [6, 6.07) is 7.38. The smallest absolute Gasteiger partial charge is 0.335 e. The Kier molecular flexibility index (Phi) is 9.13. The largest absolute Gasteiger partial charge is 0.508 e. The summed E-state index contributed by atoms with van der Waals surface area (Å²) in [7, 11) is 1.27. The summed E-state index contributed by atoms with van der Waals surface area (Å²) in [5.41, 5.74) is 1.44. The maximum absolute atomic E-state index is 13.1. The number of phenols is 2. The van der Waals surface area contributed by atoms with Crippen molar-refractivity contribution in [3.05, 3.63) is 64.7 Å². The van der Waals surface area contributed by atoms with Crippen molar-refractivity contribution in [3.8, 4) is 23.0 Å². The van der Waals surface area contributed by atoms with Crippen LogP contribution in [0.1, 0.15) is 35.3 Å². The molecule has 0 saturated carbocycles. The fourth-order valence-electron chi connectivity index (χ4n) is 3.79. The summed E-state index contributed by atoms with van der Waals surface area (Å²) in [5, 5.41) is 60.3. The third-order valence-corrected chi connectivity index (χ3v) is 5.89. The molecule has 2 aromatic carbocycles. The molecule has 11 nitrogen and oxygen atoms in total. The van der Waals surface area contributed by atoms with Gasteiger partial charge in [0, 0.05) is 11.6 Å². The highest BCUT2D eigenvalue weighted by atomic mass is 16.7. The van der Waals surface area contributed by atoms with Crippen molar-refractivity contribution in [3.63, 3.8) is 0 Å². The number of methoxy groups -OCH3 is 1. The third kappa shape index (κ3) is 6.32. The molecule has 1 aliphatic rings. The number of phenolic OH excluding ortho intramolecular Hbond substituents is 2. The molecular weight excluding hydrogens is 500 g/mol. The van der Waals surface area contributed by atoms with Crippen molar-refractivity contribution in [1.82, 2.24) is 0 Å². The summed E-state index contributed by atoms with van der Waals surface area (Å²) in [6.07, 6.45) is -4.73. The van der Waals surface area contributed by atoms with E-state index in [1.165, 1.54) is 37.5 Å². The molecule has 0 amide bonds. The van der Waals surface area contributed by atoms with E-state index in [9.17, 15) is 40.2 Å². The zero-order valence-corrected chi connectivity index (χ0v) is 20.9. The first-order valence-electron chi connectivity index (χ1n) is 11.6. The number of ether oxygens (including phenoxy) is 3. The molecular formula is C27H30O11. The van der Waals surface area contributed by atoms with E-state index in [1.54, 1.807) is 18.2 Å². The number of aliphatic carboxylic acids is 1. The van der Waals surface area contributed by atoms with Crippen molar-refractivity contribution >= 4 is 17.8 Å². The van der Waals surface area contributed by atoms with Crippen molar-refractivity contribution in [2.75, 3.05) is 7.11 Å². The van der Waals surface area contributed by atoms with E-state index in [2.05, 4.69) is 0 Å². The molecule has 3 rings (SSSR count). The average Bonchev–Trinajstić information content (AvgIpc) is 2.87. The Morgan fingerprint density at radius 1 is 1.00 bits per heavy atom. The van der Waals surface area contributed by atoms with E-state index in [0.29, 0.717) is 5.56 Å². The van der Waals surface area contributed by atoms with Crippen LogP contribution in [0.5, 0.6) is 23.0 Å². The normalized spacial score (nSPS) is 23.2. The monoisotopic (exact) mass is 530 g/mol. The molecule has 1 aliphatic heterocycles. The molecule has 0 spiro atoms. The van der Waals surface area contributed by atoms with Crippen LogP contribution in [0.2, 0.25) is 0 Å². The van der Waals surface area contributed by atoms with Crippen molar-refractivity contribution in [2.24, 2.45) is 0 Å². The van der Waals surface area contributed by atoms with Crippen LogP contribution in [-0.2, 0) is 16.0 Å². The Morgan fingerprint density at radius 2 is 1.66 bits per heavy atom. The van der Waals surface area contributed by atoms with Crippen LogP contribution in [0.15, 0.2) is 48.1 Å². The molecule has 1 heterocycles. The second kappa shape index (κ2) is 12.1. The van der Waals surface area contributed by atoms with Gasteiger partial charge in [-0.2, -0.15) is 0 Å². The van der Waals surface area contributed by atoms with E-state index in [0.717, 1.165) is 5.57 Å². The van der Waals surface area contributed by atoms with Crippen LogP contribution < -0.4 is 9.47 Å². The zero-order chi connectivity index (χ0) is 28.1. The van der Waals surface area contributed by atoms with Crippen LogP contribution >= 0.6 is 0 Å². The fraction of sp³-hybridized carbons (Fsp3) is 0.333. The Bertz CT molecular complexity index is 1230. The number of carboxylic acids is 1. The van der Waals surface area contributed by atoms with Crippen LogP contribution in [0.25, 0.3) is 6.08 Å². The summed E-state index contributed by atoms with van der Waals surface area (Å²) in [6.45, 7) is 3.63. The summed E-state index contributed by atoms with van der Waals surface area (Å²) in [5.74, 6) is -2.78. The number of benzene rings is 2. The molecule has 1 fully saturated rings. The number of aromatic hydroxyl groups is 2. The second-order valence-corrected chi connectivity index (χ2v) is 8.91. The number of allylic oxidation sites excluding steroid dienone is 3. The summed E-state index contributed by atoms with van der Waals surface area (Å²) >= 11 is 0. The van der Waals surface area contributed by atoms with Gasteiger partial charge in [-0.05, 0) is 44.0 Å². The molecule has 38 heavy (non-hydrogen) atoms. The number of carbonyl (C=O) groups excluding carboxylic acids is 1. The molecule has 0 bridgehead atoms. The topological polar surface area (TPSA) is 183 Å². The van der Waals surface area contributed by atoms with Gasteiger partial charge in [0.25, 0.3) is 0 Å². The molecule has 0 radical (unpaired) electrons. The molecule has 11 heteroatoms. The molecule has 2 aromatic rings. The van der Waals surface area contributed by atoms with Gasteiger partial charge in [-0.15, -0.1) is 0 Å². The van der Waals surface area contributed by atoms with E-state index in [1.807, 2.05) is 13.8 Å². The zero-order valence-electron chi connectivity index (χ0n) is 20.9. The van der Waals surface area contributed by atoms with Gasteiger partial charge in [-0.25, -0.2) is 4.79 Å². The lowest BCUT2D eigenvalue weighted by Gasteiger charge is -2.38. The fourth-order valence-corrected chi connectivity index (χ4v) is 3.79. The van der Waals surface area contributed by atoms with Crippen molar-refractivity contribution < 1.29 is 54.4 Å². The van der Waals surface area contributed by atoms with E-state index in [4.69, 9.17) is 14.2 Å². The predicted octanol–water partition coefficient (Wildman–Crippen LogP) is 1.78. The Hall–Kier alpha value is -3.90. The SMILES string of the molecule is COc1cc(O[C@@H]2O[C@H](C(=O)O)[C@@H](O)[C@H](O)[C@H]2O)c(CC=C(C)C)c(O)c1C(=O)/C=C/c1ccc(O)cc1. The number of aliphatic hydroxyl groups excluding tert-OH is 3. The maximum atomic E-state index is 13.1. The first-order chi connectivity index (χ1) is 17.9. The van der Waals surface area contributed by atoms with Gasteiger partial charge in [0.1, 0.15) is 46.9 Å². The van der Waals surface area contributed by atoms with Crippen LogP contribution in [0, 0.1) is 0 Å². The van der Waals surface area contributed by atoms with Crippen LogP contribution in [-0.4, -0.2) is 80.2 Å². The van der Waals surface area contributed by atoms with Gasteiger partial charge in [0.2, 0.25) is 6.29 Å². The number of hydrogen-bond acceptors (Lipinski definition) is 10. The van der Waals surface area contributed by atoms with E-state index in [-0.39, 0.29) is 34.8 Å². The number of hydrogen-bond donors (Lipinski definition) is 6. The highest BCUT2D eigenvalue weighted by Crippen LogP contribution is 2.41. The minimum Gasteiger partial charge on any atom is -0.508 e. The standard InChI is InChI=1S/C27H30O11/c1-13(2)4-10-16-18(37-27-24(33)22(31)23(32)25(38-27)26(34)35)12-19(36-3)20(21(16)30)17(29)11-7-14-5-8-15(28)9-6-14/h4-9,11-12,22-25,27-28,30-33H,10H2,1-3H3,(H,34,35)/b11-7+/t22-,23-,24+,25-,27+/m0/s1. The molecule has 6 N–H and O–H groups in total. The highest BCUT2D eigenvalue weighted by molar-refractivity contribution is 6.11. The number of aliphatic hydroxyl groups is 3. The number of ketones is 1. The van der Waals surface area contributed by atoms with E-state index >= 15 is 0 Å². The van der Waals surface area contributed by atoms with Gasteiger partial charge in [0.05, 0.1) is 7.11 Å². The Labute approximate surface area is 218 Å². The summed E-state index contributed by atoms with van der Waals surface area (Å²) < 4.78 is 16.2. The molecule has 0 unspecified atom stereocenters. The van der Waals surface area contributed by atoms with Gasteiger partial charge in [-0.3, -0.25) is 4.79 Å². The van der Waals surface area contributed by atoms with Crippen LogP contribution in [0.4, 0.5) is 0 Å². The number of rotatable bonds is 9. The minimum absolute atomic E-state index is 0.0658. The van der Waals surface area contributed by atoms with Gasteiger partial charge in [0.15, 0.2) is 11.9 Å². The lowest BCUT2D eigenvalue weighted by atomic mass is 9.98. The first-order valence-corrected chi connectivity index (χ1v) is 11.6. The van der Waals surface area contributed by atoms with Gasteiger partial charge >= 0.3 is 5.97 Å². The van der Waals surface area contributed by atoms with Gasteiger partial charge < -0.3 is 44.8 Å². The molecule has 204 valence electrons. The Balaban J connectivity index is 2.04. The number of carboxylic acid groups (broad SMARTS) is 1. The summed E-state index contributed by atoms with van der Waals surface area (Å²) in [4.78, 5) is 24.6. The van der Waals surface area contributed by atoms with Crippen molar-refractivity contribution in [2.45, 2.75) is 51.0 Å². The second-order valence-electron chi connectivity index (χ2n) is 8.91. The van der Waals surface area contributed by atoms with Gasteiger partial charge in [-0.1, -0.05) is 29.9 Å². The number of carbonyl (C=O) groups is 2. The molecule has 0 aromatic heterocycles. The molecule has 0 aliphatic carbocycles. The first kappa shape index (κ1) is 28.7. The Morgan fingerprint density at radius 3 is 2.24 bits per heavy atom. The molecule has 1 saturated heterocycles. The third-order valence-electron chi connectivity index (χ3n) is 5.89. The van der Waals surface area contributed by atoms with E-state index < -0.39 is 48.2 Å². The minimum atomic E-state index is -1.91. The predicted molar refractivity (Wildman–Crippen MR) is 134 cm³/mol. The average molecular weight is 531 g/mol.